The fourth-order valence-corrected chi connectivity index (χ4v) is 4.98. The highest BCUT2D eigenvalue weighted by Gasteiger charge is 2.51. The van der Waals surface area contributed by atoms with E-state index < -0.39 is 0 Å². The van der Waals surface area contributed by atoms with E-state index >= 15 is 0 Å². The number of phenolic OH excluding ortho intramolecular Hbond substituents is 1. The van der Waals surface area contributed by atoms with Crippen LogP contribution in [0.5, 0.6) is 5.75 Å². The van der Waals surface area contributed by atoms with E-state index in [0.29, 0.717) is 11.5 Å². The molecule has 1 saturated heterocycles. The molecule has 25 heavy (non-hydrogen) atoms. The second kappa shape index (κ2) is 5.35. The Hall–Kier alpha value is -2.30. The molecule has 5 heteroatoms. The summed E-state index contributed by atoms with van der Waals surface area (Å²) in [6, 6.07) is 8.66. The van der Waals surface area contributed by atoms with Crippen LogP contribution in [0.3, 0.4) is 0 Å². The first kappa shape index (κ1) is 16.2. The third-order valence-corrected chi connectivity index (χ3v) is 5.56. The normalized spacial score (nSPS) is 27.5. The lowest BCUT2D eigenvalue weighted by atomic mass is 9.65. The molecule has 1 aromatic heterocycles. The van der Waals surface area contributed by atoms with Crippen molar-refractivity contribution in [2.24, 2.45) is 10.8 Å². The number of aromatic nitrogens is 1. The van der Waals surface area contributed by atoms with E-state index in [2.05, 4.69) is 25.9 Å². The van der Waals surface area contributed by atoms with E-state index in [-0.39, 0.29) is 28.5 Å². The fraction of sp³-hybridized carbons (Fsp3) is 0.500. The van der Waals surface area contributed by atoms with Crippen molar-refractivity contribution in [3.63, 3.8) is 0 Å². The predicted molar refractivity (Wildman–Crippen MR) is 94.2 cm³/mol. The van der Waals surface area contributed by atoms with Crippen LogP contribution in [0, 0.1) is 10.8 Å². The number of rotatable bonds is 2. The summed E-state index contributed by atoms with van der Waals surface area (Å²) < 4.78 is 5.37. The number of phenols is 1. The Morgan fingerprint density at radius 3 is 2.68 bits per heavy atom. The first-order valence-electron chi connectivity index (χ1n) is 8.82. The minimum atomic E-state index is -0.0415. The molecule has 1 aliphatic heterocycles. The summed E-state index contributed by atoms with van der Waals surface area (Å²) in [4.78, 5) is 15.0. The van der Waals surface area contributed by atoms with Gasteiger partial charge in [-0.05, 0) is 54.4 Å². The molecule has 1 aliphatic carbocycles. The summed E-state index contributed by atoms with van der Waals surface area (Å²) in [7, 11) is 0. The minimum absolute atomic E-state index is 0.0415. The lowest BCUT2D eigenvalue weighted by Crippen LogP contribution is -2.37. The number of likely N-dealkylation sites (tertiary alicyclic amines) is 1. The van der Waals surface area contributed by atoms with Crippen LogP contribution in [0.25, 0.3) is 11.3 Å². The van der Waals surface area contributed by atoms with Crippen LogP contribution in [0.4, 0.5) is 0 Å². The molecule has 4 rings (SSSR count). The van der Waals surface area contributed by atoms with E-state index in [1.807, 2.05) is 4.90 Å². The van der Waals surface area contributed by atoms with Crippen LogP contribution in [-0.2, 0) is 0 Å². The smallest absolute Gasteiger partial charge is 0.276 e. The molecule has 132 valence electrons. The molecular weight excluding hydrogens is 316 g/mol. The van der Waals surface area contributed by atoms with Gasteiger partial charge in [0.25, 0.3) is 5.91 Å². The van der Waals surface area contributed by atoms with Crippen molar-refractivity contribution < 1.29 is 14.4 Å². The average molecular weight is 340 g/mol. The lowest BCUT2D eigenvalue weighted by Gasteiger charge is -2.39. The fourth-order valence-electron chi connectivity index (χ4n) is 4.98. The van der Waals surface area contributed by atoms with Gasteiger partial charge in [0.15, 0.2) is 11.5 Å². The Morgan fingerprint density at radius 1 is 1.24 bits per heavy atom. The number of benzene rings is 1. The first-order valence-corrected chi connectivity index (χ1v) is 8.82. The van der Waals surface area contributed by atoms with Crippen LogP contribution in [0.1, 0.15) is 50.5 Å². The molecule has 1 N–H and O–H groups in total. The Labute approximate surface area is 147 Å². The molecule has 2 heterocycles. The highest BCUT2D eigenvalue weighted by Crippen LogP contribution is 2.52. The Bertz CT molecular complexity index is 809. The Kier molecular flexibility index (Phi) is 3.46. The number of carbonyl (C=O) groups is 1. The van der Waals surface area contributed by atoms with Gasteiger partial charge in [-0.1, -0.05) is 25.9 Å². The van der Waals surface area contributed by atoms with E-state index in [1.165, 1.54) is 0 Å². The average Bonchev–Trinajstić information content (AvgIpc) is 3.09. The lowest BCUT2D eigenvalue weighted by molar-refractivity contribution is 0.0698. The third-order valence-electron chi connectivity index (χ3n) is 5.56. The number of nitrogens with zero attached hydrogens (tertiary/aromatic N) is 2. The predicted octanol–water partition coefficient (Wildman–Crippen LogP) is 4.09. The maximum Gasteiger partial charge on any atom is 0.276 e. The van der Waals surface area contributed by atoms with Crippen molar-refractivity contribution in [1.82, 2.24) is 10.1 Å². The zero-order chi connectivity index (χ0) is 17.8. The molecule has 2 aliphatic rings. The van der Waals surface area contributed by atoms with Crippen molar-refractivity contribution >= 4 is 5.91 Å². The molecule has 2 aromatic rings. The quantitative estimate of drug-likeness (QED) is 0.894. The van der Waals surface area contributed by atoms with Gasteiger partial charge in [0.05, 0.1) is 0 Å². The summed E-state index contributed by atoms with van der Waals surface area (Å²) in [6.45, 7) is 7.68. The van der Waals surface area contributed by atoms with Crippen molar-refractivity contribution in [2.75, 3.05) is 6.54 Å². The standard InChI is InChI=1S/C20H24N2O3/c1-19(2)9-14-10-20(3,11-19)12-22(14)18(24)16-8-17(25-21-16)13-4-6-15(23)7-5-13/h4-8,14,23H,9-12H2,1-3H3/t14-,20+/m1/s1. The van der Waals surface area contributed by atoms with Gasteiger partial charge in [-0.25, -0.2) is 0 Å². The number of amides is 1. The Morgan fingerprint density at radius 2 is 1.96 bits per heavy atom. The number of aromatic hydroxyl groups is 1. The van der Waals surface area contributed by atoms with E-state index in [9.17, 15) is 9.90 Å². The maximum atomic E-state index is 13.0. The van der Waals surface area contributed by atoms with Crippen LogP contribution in [0.15, 0.2) is 34.9 Å². The second-order valence-electron chi connectivity index (χ2n) is 8.77. The van der Waals surface area contributed by atoms with E-state index in [4.69, 9.17) is 4.52 Å². The highest BCUT2D eigenvalue weighted by molar-refractivity contribution is 5.93. The molecule has 2 atom stereocenters. The molecule has 0 spiro atoms. The number of carbonyl (C=O) groups excluding carboxylic acids is 1. The molecule has 1 aromatic carbocycles. The molecule has 0 radical (unpaired) electrons. The van der Waals surface area contributed by atoms with E-state index in [0.717, 1.165) is 31.4 Å². The van der Waals surface area contributed by atoms with Gasteiger partial charge in [0.2, 0.25) is 0 Å². The van der Waals surface area contributed by atoms with Crippen LogP contribution >= 0.6 is 0 Å². The molecule has 0 unspecified atom stereocenters. The summed E-state index contributed by atoms with van der Waals surface area (Å²) in [5.74, 6) is 0.692. The van der Waals surface area contributed by atoms with Gasteiger partial charge in [-0.15, -0.1) is 0 Å². The van der Waals surface area contributed by atoms with Crippen LogP contribution in [0.2, 0.25) is 0 Å². The molecule has 5 nitrogen and oxygen atoms in total. The monoisotopic (exact) mass is 340 g/mol. The van der Waals surface area contributed by atoms with Crippen molar-refractivity contribution in [3.8, 4) is 17.1 Å². The van der Waals surface area contributed by atoms with Crippen molar-refractivity contribution in [2.45, 2.75) is 46.1 Å². The van der Waals surface area contributed by atoms with Gasteiger partial charge in [-0.2, -0.15) is 0 Å². The summed E-state index contributed by atoms with van der Waals surface area (Å²) in [5, 5.41) is 13.4. The Balaban J connectivity index is 1.57. The van der Waals surface area contributed by atoms with Crippen molar-refractivity contribution in [1.29, 1.82) is 0 Å². The number of fused-ring (bicyclic) bond motifs is 2. The van der Waals surface area contributed by atoms with E-state index in [1.54, 1.807) is 30.3 Å². The number of hydrogen-bond acceptors (Lipinski definition) is 4. The zero-order valence-electron chi connectivity index (χ0n) is 15.0. The summed E-state index contributed by atoms with van der Waals surface area (Å²) in [6.07, 6.45) is 3.26. The number of hydrogen-bond donors (Lipinski definition) is 1. The van der Waals surface area contributed by atoms with Gasteiger partial charge in [-0.3, -0.25) is 4.79 Å². The van der Waals surface area contributed by atoms with Gasteiger partial charge in [0, 0.05) is 24.2 Å². The maximum absolute atomic E-state index is 13.0. The first-order chi connectivity index (χ1) is 11.7. The van der Waals surface area contributed by atoms with Crippen LogP contribution < -0.4 is 0 Å². The summed E-state index contributed by atoms with van der Waals surface area (Å²) in [5.41, 5.74) is 1.62. The summed E-state index contributed by atoms with van der Waals surface area (Å²) >= 11 is 0. The minimum Gasteiger partial charge on any atom is -0.508 e. The van der Waals surface area contributed by atoms with Gasteiger partial charge < -0.3 is 14.5 Å². The largest absolute Gasteiger partial charge is 0.508 e. The zero-order valence-corrected chi connectivity index (χ0v) is 15.0. The second-order valence-corrected chi connectivity index (χ2v) is 8.77. The van der Waals surface area contributed by atoms with Crippen LogP contribution in [-0.4, -0.2) is 33.7 Å². The van der Waals surface area contributed by atoms with Gasteiger partial charge in [0.1, 0.15) is 5.75 Å². The molecular formula is C20H24N2O3. The SMILES string of the molecule is CC1(C)C[C@@H]2C[C@](C)(CN2C(=O)c2cc(-c3ccc(O)cc3)on2)C1. The third kappa shape index (κ3) is 2.92. The molecule has 2 bridgehead atoms. The highest BCUT2D eigenvalue weighted by atomic mass is 16.5. The molecule has 1 amide bonds. The van der Waals surface area contributed by atoms with Gasteiger partial charge >= 0.3 is 0 Å². The topological polar surface area (TPSA) is 66.6 Å². The molecule has 2 fully saturated rings. The van der Waals surface area contributed by atoms with Crippen molar-refractivity contribution in [3.05, 3.63) is 36.0 Å². The molecule has 1 saturated carbocycles.